The monoisotopic (exact) mass is 563 g/mol. The number of nitrogens with zero attached hydrogens (tertiary/aromatic N) is 1. The van der Waals surface area contributed by atoms with Crippen LogP contribution >= 0.6 is 0 Å². The van der Waals surface area contributed by atoms with Crippen molar-refractivity contribution in [1.29, 1.82) is 0 Å². The number of hydrogen-bond acceptors (Lipinski definition) is 2. The van der Waals surface area contributed by atoms with E-state index in [4.69, 9.17) is 4.42 Å². The third-order valence-electron chi connectivity index (χ3n) is 8.30. The van der Waals surface area contributed by atoms with Gasteiger partial charge in [0.1, 0.15) is 11.3 Å². The predicted octanol–water partition coefficient (Wildman–Crippen LogP) is 12.1. The Morgan fingerprint density at radius 1 is 0.341 bits per heavy atom. The molecule has 0 saturated heterocycles. The highest BCUT2D eigenvalue weighted by atomic mass is 16.3. The Morgan fingerprint density at radius 3 is 1.34 bits per heavy atom. The Labute approximate surface area is 257 Å². The van der Waals surface area contributed by atoms with Crippen molar-refractivity contribution in [3.63, 3.8) is 0 Å². The molecule has 8 rings (SSSR count). The van der Waals surface area contributed by atoms with Crippen molar-refractivity contribution in [2.24, 2.45) is 0 Å². The highest BCUT2D eigenvalue weighted by molar-refractivity contribution is 6.07. The van der Waals surface area contributed by atoms with Gasteiger partial charge in [-0.25, -0.2) is 0 Å². The van der Waals surface area contributed by atoms with Crippen LogP contribution in [0.4, 0.5) is 17.1 Å². The summed E-state index contributed by atoms with van der Waals surface area (Å²) >= 11 is 0. The fraction of sp³-hybridized carbons (Fsp3) is 0. The van der Waals surface area contributed by atoms with Gasteiger partial charge in [-0.05, 0) is 93.7 Å². The van der Waals surface area contributed by atoms with Crippen LogP contribution in [0.2, 0.25) is 0 Å². The van der Waals surface area contributed by atoms with Crippen molar-refractivity contribution in [2.75, 3.05) is 4.90 Å². The molecule has 1 heterocycles. The molecule has 44 heavy (non-hydrogen) atoms. The maximum Gasteiger partial charge on any atom is 0.135 e. The molecule has 2 nitrogen and oxygen atoms in total. The van der Waals surface area contributed by atoms with Crippen molar-refractivity contribution in [3.8, 4) is 33.6 Å². The molecule has 0 aliphatic heterocycles. The second kappa shape index (κ2) is 11.1. The lowest BCUT2D eigenvalue weighted by molar-refractivity contribution is 0.632. The maximum absolute atomic E-state index is 6.33. The molecule has 208 valence electrons. The van der Waals surface area contributed by atoms with E-state index in [1.807, 2.05) is 0 Å². The third kappa shape index (κ3) is 4.83. The Hall–Kier alpha value is -5.86. The van der Waals surface area contributed by atoms with Crippen LogP contribution in [-0.4, -0.2) is 0 Å². The summed E-state index contributed by atoms with van der Waals surface area (Å²) in [5.41, 5.74) is 10.0. The average molecular weight is 564 g/mol. The minimum atomic E-state index is 0.869. The van der Waals surface area contributed by atoms with Gasteiger partial charge in [0.15, 0.2) is 0 Å². The van der Waals surface area contributed by atoms with E-state index in [-0.39, 0.29) is 0 Å². The van der Waals surface area contributed by atoms with Gasteiger partial charge >= 0.3 is 0 Å². The summed E-state index contributed by atoms with van der Waals surface area (Å²) in [5.74, 6) is 0.869. The van der Waals surface area contributed by atoms with Crippen molar-refractivity contribution in [1.82, 2.24) is 0 Å². The van der Waals surface area contributed by atoms with Crippen LogP contribution in [0.1, 0.15) is 0 Å². The van der Waals surface area contributed by atoms with Crippen LogP contribution in [0.3, 0.4) is 0 Å². The second-order valence-electron chi connectivity index (χ2n) is 11.0. The van der Waals surface area contributed by atoms with Gasteiger partial charge < -0.3 is 9.32 Å². The van der Waals surface area contributed by atoms with Gasteiger partial charge in [0, 0.05) is 28.0 Å². The highest BCUT2D eigenvalue weighted by Crippen LogP contribution is 2.39. The summed E-state index contributed by atoms with van der Waals surface area (Å²) in [4.78, 5) is 2.31. The summed E-state index contributed by atoms with van der Waals surface area (Å²) < 4.78 is 6.33. The van der Waals surface area contributed by atoms with E-state index in [0.29, 0.717) is 0 Å². The van der Waals surface area contributed by atoms with Crippen molar-refractivity contribution in [3.05, 3.63) is 176 Å². The van der Waals surface area contributed by atoms with Crippen molar-refractivity contribution >= 4 is 38.8 Å². The fourth-order valence-corrected chi connectivity index (χ4v) is 6.02. The largest absolute Gasteiger partial charge is 0.456 e. The quantitative estimate of drug-likeness (QED) is 0.200. The standard InChI is InChI=1S/C42H29NO/c1-3-9-30(10-4-1)32-15-22-36(23-16-32)43(37-24-17-33(18-25-37)31-11-5-2-6-12-31)38-26-19-35(20-27-38)42-29-40-39-14-8-7-13-34(39)21-28-41(40)44-42/h1-29H. The molecular formula is C42H29NO. The molecule has 0 fully saturated rings. The van der Waals surface area contributed by atoms with Crippen LogP contribution in [0.15, 0.2) is 180 Å². The van der Waals surface area contributed by atoms with Crippen LogP contribution in [0, 0.1) is 0 Å². The minimum Gasteiger partial charge on any atom is -0.456 e. The lowest BCUT2D eigenvalue weighted by Crippen LogP contribution is -2.09. The van der Waals surface area contributed by atoms with Crippen LogP contribution < -0.4 is 4.90 Å². The Kier molecular flexibility index (Phi) is 6.51. The van der Waals surface area contributed by atoms with Crippen LogP contribution in [-0.2, 0) is 0 Å². The van der Waals surface area contributed by atoms with Crippen LogP contribution in [0.25, 0.3) is 55.3 Å². The van der Waals surface area contributed by atoms with Crippen molar-refractivity contribution in [2.45, 2.75) is 0 Å². The molecule has 0 aliphatic rings. The fourth-order valence-electron chi connectivity index (χ4n) is 6.02. The first-order chi connectivity index (χ1) is 21.8. The van der Waals surface area contributed by atoms with Gasteiger partial charge in [0.05, 0.1) is 0 Å². The predicted molar refractivity (Wildman–Crippen MR) is 185 cm³/mol. The number of hydrogen-bond donors (Lipinski definition) is 0. The molecule has 0 radical (unpaired) electrons. The molecule has 2 heteroatoms. The molecule has 7 aromatic carbocycles. The first kappa shape index (κ1) is 25.8. The highest BCUT2D eigenvalue weighted by Gasteiger charge is 2.15. The summed E-state index contributed by atoms with van der Waals surface area (Å²) in [6.45, 7) is 0. The van der Waals surface area contributed by atoms with E-state index in [2.05, 4.69) is 181 Å². The Balaban J connectivity index is 1.17. The molecule has 0 amide bonds. The molecule has 0 bridgehead atoms. The topological polar surface area (TPSA) is 16.4 Å². The van der Waals surface area contributed by atoms with E-state index in [1.54, 1.807) is 0 Å². The lowest BCUT2D eigenvalue weighted by atomic mass is 10.0. The molecule has 0 aliphatic carbocycles. The maximum atomic E-state index is 6.33. The zero-order chi connectivity index (χ0) is 29.3. The lowest BCUT2D eigenvalue weighted by Gasteiger charge is -2.26. The molecule has 0 spiro atoms. The van der Waals surface area contributed by atoms with Gasteiger partial charge in [-0.2, -0.15) is 0 Å². The summed E-state index contributed by atoms with van der Waals surface area (Å²) in [5, 5.41) is 3.57. The second-order valence-corrected chi connectivity index (χ2v) is 11.0. The molecule has 0 atom stereocenters. The van der Waals surface area contributed by atoms with Gasteiger partial charge in [-0.1, -0.05) is 115 Å². The van der Waals surface area contributed by atoms with E-state index in [1.165, 1.54) is 33.0 Å². The normalized spacial score (nSPS) is 11.2. The summed E-state index contributed by atoms with van der Waals surface area (Å²) in [7, 11) is 0. The van der Waals surface area contributed by atoms with E-state index < -0.39 is 0 Å². The first-order valence-corrected chi connectivity index (χ1v) is 14.9. The van der Waals surface area contributed by atoms with E-state index in [9.17, 15) is 0 Å². The van der Waals surface area contributed by atoms with E-state index >= 15 is 0 Å². The zero-order valence-corrected chi connectivity index (χ0v) is 24.1. The number of fused-ring (bicyclic) bond motifs is 3. The number of benzene rings is 7. The summed E-state index contributed by atoms with van der Waals surface area (Å²) in [6.07, 6.45) is 0. The minimum absolute atomic E-state index is 0.869. The first-order valence-electron chi connectivity index (χ1n) is 14.9. The SMILES string of the molecule is c1ccc(-c2ccc(N(c3ccc(-c4ccccc4)cc3)c3ccc(-c4cc5c(ccc6ccccc65)o4)cc3)cc2)cc1. The zero-order valence-electron chi connectivity index (χ0n) is 24.1. The van der Waals surface area contributed by atoms with Gasteiger partial charge in [-0.15, -0.1) is 0 Å². The van der Waals surface area contributed by atoms with Gasteiger partial charge in [0.25, 0.3) is 0 Å². The number of rotatable bonds is 6. The number of furan rings is 1. The smallest absolute Gasteiger partial charge is 0.135 e. The number of anilines is 3. The Bertz CT molecular complexity index is 2100. The molecule has 1 aromatic heterocycles. The Morgan fingerprint density at radius 2 is 0.795 bits per heavy atom. The summed E-state index contributed by atoms with van der Waals surface area (Å²) in [6, 6.07) is 62.1. The van der Waals surface area contributed by atoms with Gasteiger partial charge in [-0.3, -0.25) is 0 Å². The molecule has 8 aromatic rings. The van der Waals surface area contributed by atoms with E-state index in [0.717, 1.165) is 39.4 Å². The molecular weight excluding hydrogens is 534 g/mol. The molecule has 0 unspecified atom stereocenters. The van der Waals surface area contributed by atoms with Gasteiger partial charge in [0.2, 0.25) is 0 Å². The van der Waals surface area contributed by atoms with Crippen molar-refractivity contribution < 1.29 is 4.42 Å². The molecule has 0 saturated carbocycles. The van der Waals surface area contributed by atoms with Crippen LogP contribution in [0.5, 0.6) is 0 Å². The molecule has 0 N–H and O–H groups in total. The third-order valence-corrected chi connectivity index (χ3v) is 8.30. The average Bonchev–Trinajstić information content (AvgIpc) is 3.55.